The summed E-state index contributed by atoms with van der Waals surface area (Å²) in [6, 6.07) is 5.70. The summed E-state index contributed by atoms with van der Waals surface area (Å²) in [6.45, 7) is 9.95. The Morgan fingerprint density at radius 1 is 1.37 bits per heavy atom. The normalized spacial score (nSPS) is 12.7. The number of nitrogens with zero attached hydrogens (tertiary/aromatic N) is 1. The van der Waals surface area contributed by atoms with Crippen LogP contribution < -0.4 is 5.73 Å². The van der Waals surface area contributed by atoms with Gasteiger partial charge < -0.3 is 15.7 Å². The summed E-state index contributed by atoms with van der Waals surface area (Å²) in [7, 11) is 0. The molecule has 106 valence electrons. The van der Waals surface area contributed by atoms with Crippen molar-refractivity contribution < 1.29 is 9.94 Å². The highest BCUT2D eigenvalue weighted by Crippen LogP contribution is 2.19. The van der Waals surface area contributed by atoms with Gasteiger partial charge in [0.15, 0.2) is 5.84 Å². The van der Waals surface area contributed by atoms with Gasteiger partial charge in [-0.1, -0.05) is 38.1 Å². The maximum absolute atomic E-state index is 8.64. The second kappa shape index (κ2) is 6.57. The number of rotatable bonds is 5. The first-order valence-corrected chi connectivity index (χ1v) is 6.48. The van der Waals surface area contributed by atoms with Gasteiger partial charge in [-0.2, -0.15) is 0 Å². The van der Waals surface area contributed by atoms with Gasteiger partial charge in [-0.3, -0.25) is 0 Å². The van der Waals surface area contributed by atoms with Gasteiger partial charge >= 0.3 is 0 Å². The van der Waals surface area contributed by atoms with Crippen molar-refractivity contribution in [3.8, 4) is 0 Å². The zero-order valence-corrected chi connectivity index (χ0v) is 12.2. The Bertz CT molecular complexity index is 448. The zero-order chi connectivity index (χ0) is 14.5. The molecule has 0 unspecified atom stereocenters. The van der Waals surface area contributed by atoms with Crippen LogP contribution in [0.15, 0.2) is 23.4 Å². The van der Waals surface area contributed by atoms with Gasteiger partial charge in [-0.25, -0.2) is 0 Å². The largest absolute Gasteiger partial charge is 0.409 e. The lowest BCUT2D eigenvalue weighted by Crippen LogP contribution is -2.13. The topological polar surface area (TPSA) is 67.8 Å². The Labute approximate surface area is 115 Å². The molecule has 0 saturated heterocycles. The van der Waals surface area contributed by atoms with Crippen LogP contribution in [0.4, 0.5) is 0 Å². The molecule has 0 aliphatic rings. The summed E-state index contributed by atoms with van der Waals surface area (Å²) in [5, 5.41) is 11.6. The number of amidine groups is 1. The number of aryl methyl sites for hydroxylation is 1. The third kappa shape index (κ3) is 5.30. The molecule has 0 aliphatic carbocycles. The highest BCUT2D eigenvalue weighted by atomic mass is 16.5. The fraction of sp³-hybridized carbons (Fsp3) is 0.533. The van der Waals surface area contributed by atoms with Crippen LogP contribution in [0.2, 0.25) is 0 Å². The molecule has 19 heavy (non-hydrogen) atoms. The number of ether oxygens (including phenoxy) is 1. The Kier molecular flexibility index (Phi) is 5.36. The fourth-order valence-electron chi connectivity index (χ4n) is 1.64. The van der Waals surface area contributed by atoms with E-state index in [0.29, 0.717) is 12.0 Å². The fourth-order valence-corrected chi connectivity index (χ4v) is 1.64. The van der Waals surface area contributed by atoms with Crippen molar-refractivity contribution in [2.45, 2.75) is 40.7 Å². The van der Waals surface area contributed by atoms with Crippen LogP contribution in [-0.4, -0.2) is 17.6 Å². The Morgan fingerprint density at radius 2 is 2.05 bits per heavy atom. The molecule has 0 bridgehead atoms. The molecule has 0 heterocycles. The lowest BCUT2D eigenvalue weighted by atomic mass is 9.93. The second-order valence-corrected chi connectivity index (χ2v) is 5.99. The third-order valence-electron chi connectivity index (χ3n) is 3.00. The number of hydrogen-bond acceptors (Lipinski definition) is 3. The standard InChI is InChI=1S/C15H24N2O2/c1-11-9-12(14(16)17-18)5-6-13(11)10-19-8-7-15(2,3)4/h5-6,9,18H,7-8,10H2,1-4H3,(H2,16,17). The van der Waals surface area contributed by atoms with Crippen LogP contribution in [0.5, 0.6) is 0 Å². The van der Waals surface area contributed by atoms with Crippen LogP contribution in [0, 0.1) is 12.3 Å². The van der Waals surface area contributed by atoms with E-state index >= 15 is 0 Å². The molecule has 4 nitrogen and oxygen atoms in total. The van der Waals surface area contributed by atoms with Crippen LogP contribution in [0.3, 0.4) is 0 Å². The summed E-state index contributed by atoms with van der Waals surface area (Å²) >= 11 is 0. The van der Waals surface area contributed by atoms with Crippen molar-refractivity contribution in [3.63, 3.8) is 0 Å². The molecule has 0 aliphatic heterocycles. The van der Waals surface area contributed by atoms with Gasteiger partial charge in [0.1, 0.15) is 0 Å². The van der Waals surface area contributed by atoms with E-state index in [-0.39, 0.29) is 5.84 Å². The molecule has 4 heteroatoms. The minimum absolute atomic E-state index is 0.128. The van der Waals surface area contributed by atoms with Crippen molar-refractivity contribution in [3.05, 3.63) is 34.9 Å². The number of hydrogen-bond donors (Lipinski definition) is 2. The van der Waals surface area contributed by atoms with Crippen LogP contribution in [0.25, 0.3) is 0 Å². The van der Waals surface area contributed by atoms with Gasteiger partial charge in [0.2, 0.25) is 0 Å². The van der Waals surface area contributed by atoms with Gasteiger partial charge in [0.25, 0.3) is 0 Å². The van der Waals surface area contributed by atoms with Gasteiger partial charge in [-0.05, 0) is 36.0 Å². The second-order valence-electron chi connectivity index (χ2n) is 5.99. The monoisotopic (exact) mass is 264 g/mol. The summed E-state index contributed by atoms with van der Waals surface area (Å²) in [5.74, 6) is 0.128. The molecule has 0 saturated carbocycles. The summed E-state index contributed by atoms with van der Waals surface area (Å²) < 4.78 is 5.69. The molecule has 1 aromatic carbocycles. The molecular formula is C15H24N2O2. The SMILES string of the molecule is Cc1cc(/C(N)=N/O)ccc1COCCC(C)(C)C. The van der Waals surface area contributed by atoms with Gasteiger partial charge in [-0.15, -0.1) is 0 Å². The first-order valence-electron chi connectivity index (χ1n) is 6.48. The highest BCUT2D eigenvalue weighted by Gasteiger charge is 2.10. The van der Waals surface area contributed by atoms with E-state index < -0.39 is 0 Å². The molecule has 0 atom stereocenters. The molecule has 0 fully saturated rings. The van der Waals surface area contributed by atoms with E-state index in [2.05, 4.69) is 25.9 Å². The van der Waals surface area contributed by atoms with Crippen LogP contribution in [-0.2, 0) is 11.3 Å². The van der Waals surface area contributed by atoms with Gasteiger partial charge in [0, 0.05) is 12.2 Å². The zero-order valence-electron chi connectivity index (χ0n) is 12.2. The minimum atomic E-state index is 0.128. The van der Waals surface area contributed by atoms with E-state index in [1.165, 1.54) is 0 Å². The van der Waals surface area contributed by atoms with Crippen LogP contribution in [0.1, 0.15) is 43.9 Å². The molecule has 0 aromatic heterocycles. The van der Waals surface area contributed by atoms with Crippen molar-refractivity contribution in [1.29, 1.82) is 0 Å². The maximum Gasteiger partial charge on any atom is 0.170 e. The molecule has 0 amide bonds. The number of benzene rings is 1. The molecule has 3 N–H and O–H groups in total. The van der Waals surface area contributed by atoms with Crippen molar-refractivity contribution in [2.24, 2.45) is 16.3 Å². The van der Waals surface area contributed by atoms with E-state index in [9.17, 15) is 0 Å². The van der Waals surface area contributed by atoms with E-state index in [0.717, 1.165) is 29.7 Å². The first kappa shape index (κ1) is 15.5. The molecular weight excluding hydrogens is 240 g/mol. The van der Waals surface area contributed by atoms with Crippen molar-refractivity contribution >= 4 is 5.84 Å². The average Bonchev–Trinajstić information content (AvgIpc) is 2.33. The van der Waals surface area contributed by atoms with Crippen LogP contribution >= 0.6 is 0 Å². The van der Waals surface area contributed by atoms with Crippen molar-refractivity contribution in [1.82, 2.24) is 0 Å². The molecule has 0 radical (unpaired) electrons. The lowest BCUT2D eigenvalue weighted by Gasteiger charge is -2.18. The van der Waals surface area contributed by atoms with Gasteiger partial charge in [0.05, 0.1) is 6.61 Å². The number of oxime groups is 1. The van der Waals surface area contributed by atoms with E-state index in [1.807, 2.05) is 25.1 Å². The Hall–Kier alpha value is -1.55. The van der Waals surface area contributed by atoms with Crippen molar-refractivity contribution in [2.75, 3.05) is 6.61 Å². The Morgan fingerprint density at radius 3 is 2.58 bits per heavy atom. The highest BCUT2D eigenvalue weighted by molar-refractivity contribution is 5.97. The number of nitrogens with two attached hydrogens (primary N) is 1. The maximum atomic E-state index is 8.64. The summed E-state index contributed by atoms with van der Waals surface area (Å²) in [6.07, 6.45) is 1.04. The predicted octanol–water partition coefficient (Wildman–Crippen LogP) is 3.04. The smallest absolute Gasteiger partial charge is 0.170 e. The van der Waals surface area contributed by atoms with E-state index in [1.54, 1.807) is 0 Å². The summed E-state index contributed by atoms with van der Waals surface area (Å²) in [4.78, 5) is 0. The molecule has 0 spiro atoms. The lowest BCUT2D eigenvalue weighted by molar-refractivity contribution is 0.0959. The predicted molar refractivity (Wildman–Crippen MR) is 77.4 cm³/mol. The quantitative estimate of drug-likeness (QED) is 0.282. The molecule has 1 aromatic rings. The summed E-state index contributed by atoms with van der Waals surface area (Å²) in [5.41, 5.74) is 8.78. The average molecular weight is 264 g/mol. The third-order valence-corrected chi connectivity index (χ3v) is 3.00. The Balaban J connectivity index is 2.56. The first-order chi connectivity index (χ1) is 8.83. The minimum Gasteiger partial charge on any atom is -0.409 e. The van der Waals surface area contributed by atoms with E-state index in [4.69, 9.17) is 15.7 Å². The molecule has 1 rings (SSSR count).